The van der Waals surface area contributed by atoms with Gasteiger partial charge >= 0.3 is 0 Å². The minimum absolute atomic E-state index is 0.139. The van der Waals surface area contributed by atoms with E-state index in [2.05, 4.69) is 12.1 Å². The Hall–Kier alpha value is -0.920. The number of ether oxygens (including phenoxy) is 2. The number of fused-ring (bicyclic) bond motifs is 3. The first-order chi connectivity index (χ1) is 12.2. The number of Topliss-reactive ketones (excluding diaryl/α,β-unsaturated/α-hetero) is 1. The van der Waals surface area contributed by atoms with E-state index in [9.17, 15) is 4.79 Å². The summed E-state index contributed by atoms with van der Waals surface area (Å²) in [6.45, 7) is 0.880. The number of carbonyl (C=O) groups is 1. The topological polar surface area (TPSA) is 48.0 Å². The second kappa shape index (κ2) is 7.00. The zero-order chi connectivity index (χ0) is 17.4. The number of thioether (sulfide) groups is 1. The van der Waals surface area contributed by atoms with Gasteiger partial charge in [0.15, 0.2) is 0 Å². The predicted octanol–water partition coefficient (Wildman–Crippen LogP) is 2.89. The molecule has 1 aliphatic carbocycles. The maximum absolute atomic E-state index is 13.0. The molecular formula is C19H25NO4S. The molecule has 2 aliphatic heterocycles. The average molecular weight is 363 g/mol. The summed E-state index contributed by atoms with van der Waals surface area (Å²) in [6.07, 6.45) is 3.33. The Bertz CT molecular complexity index is 621. The summed E-state index contributed by atoms with van der Waals surface area (Å²) < 4.78 is 11.9. The van der Waals surface area contributed by atoms with Gasteiger partial charge in [-0.1, -0.05) is 24.6 Å². The van der Waals surface area contributed by atoms with E-state index in [-0.39, 0.29) is 29.1 Å². The lowest BCUT2D eigenvalue weighted by Gasteiger charge is -2.46. The molecule has 0 N–H and O–H groups in total. The van der Waals surface area contributed by atoms with Gasteiger partial charge in [-0.15, -0.1) is 11.8 Å². The molecule has 0 unspecified atom stereocenters. The van der Waals surface area contributed by atoms with Gasteiger partial charge in [0.2, 0.25) is 5.79 Å². The van der Waals surface area contributed by atoms with Crippen LogP contribution in [0.4, 0.5) is 0 Å². The minimum atomic E-state index is -0.920. The van der Waals surface area contributed by atoms with E-state index >= 15 is 0 Å². The van der Waals surface area contributed by atoms with Crippen molar-refractivity contribution in [1.82, 2.24) is 5.06 Å². The second-order valence-corrected chi connectivity index (χ2v) is 8.25. The fraction of sp³-hybridized carbons (Fsp3) is 0.632. The fourth-order valence-electron chi connectivity index (χ4n) is 4.55. The summed E-state index contributed by atoms with van der Waals surface area (Å²) >= 11 is 1.64. The summed E-state index contributed by atoms with van der Waals surface area (Å²) in [6, 6.07) is 10.3. The van der Waals surface area contributed by atoms with Crippen molar-refractivity contribution in [3.63, 3.8) is 0 Å². The van der Waals surface area contributed by atoms with Gasteiger partial charge in [-0.25, -0.2) is 0 Å². The van der Waals surface area contributed by atoms with Crippen LogP contribution in [0.25, 0.3) is 0 Å². The van der Waals surface area contributed by atoms with Crippen LogP contribution in [0.5, 0.6) is 0 Å². The number of nitrogens with zero attached hydrogens (tertiary/aromatic N) is 1. The molecule has 25 heavy (non-hydrogen) atoms. The third-order valence-electron chi connectivity index (χ3n) is 5.75. The van der Waals surface area contributed by atoms with Crippen molar-refractivity contribution in [2.45, 2.75) is 53.8 Å². The molecule has 6 heteroatoms. The number of hydroxylamine groups is 2. The highest BCUT2D eigenvalue weighted by atomic mass is 32.2. The molecule has 1 saturated carbocycles. The van der Waals surface area contributed by atoms with Crippen LogP contribution < -0.4 is 0 Å². The lowest BCUT2D eigenvalue weighted by molar-refractivity contribution is -0.306. The van der Waals surface area contributed by atoms with Gasteiger partial charge in [-0.3, -0.25) is 9.63 Å². The van der Waals surface area contributed by atoms with Gasteiger partial charge in [0.05, 0.1) is 11.2 Å². The molecule has 1 aromatic carbocycles. The summed E-state index contributed by atoms with van der Waals surface area (Å²) in [5, 5.41) is 1.87. The Kier molecular flexibility index (Phi) is 4.90. The smallest absolute Gasteiger partial charge is 0.210 e. The summed E-state index contributed by atoms with van der Waals surface area (Å²) in [5.74, 6) is -0.804. The Morgan fingerprint density at radius 1 is 1.20 bits per heavy atom. The number of ketones is 1. The third-order valence-corrected chi connectivity index (χ3v) is 7.08. The number of benzene rings is 1. The molecule has 3 fully saturated rings. The summed E-state index contributed by atoms with van der Waals surface area (Å²) in [7, 11) is 3.32. The van der Waals surface area contributed by atoms with Crippen molar-refractivity contribution in [3.05, 3.63) is 30.3 Å². The van der Waals surface area contributed by atoms with E-state index in [0.29, 0.717) is 6.42 Å². The van der Waals surface area contributed by atoms with Crippen molar-refractivity contribution in [2.24, 2.45) is 5.92 Å². The van der Waals surface area contributed by atoms with Crippen molar-refractivity contribution in [1.29, 1.82) is 0 Å². The summed E-state index contributed by atoms with van der Waals surface area (Å²) in [4.78, 5) is 20.4. The molecule has 4 rings (SSSR count). The molecule has 0 radical (unpaired) electrons. The number of carbonyl (C=O) groups excluding carboxylic acids is 1. The van der Waals surface area contributed by atoms with Crippen LogP contribution in [0.2, 0.25) is 0 Å². The van der Waals surface area contributed by atoms with Gasteiger partial charge in [0.25, 0.3) is 0 Å². The zero-order valence-corrected chi connectivity index (χ0v) is 15.5. The van der Waals surface area contributed by atoms with Crippen LogP contribution in [0, 0.1) is 5.92 Å². The monoisotopic (exact) mass is 363 g/mol. The van der Waals surface area contributed by atoms with Crippen molar-refractivity contribution in [2.75, 3.05) is 20.8 Å². The average Bonchev–Trinajstić information content (AvgIpc) is 3.04. The van der Waals surface area contributed by atoms with Gasteiger partial charge in [0.1, 0.15) is 11.9 Å². The fourth-order valence-corrected chi connectivity index (χ4v) is 5.93. The van der Waals surface area contributed by atoms with Gasteiger partial charge < -0.3 is 9.47 Å². The largest absolute Gasteiger partial charge is 0.350 e. The highest BCUT2D eigenvalue weighted by Crippen LogP contribution is 2.50. The summed E-state index contributed by atoms with van der Waals surface area (Å²) in [5.41, 5.74) is 0. The highest BCUT2D eigenvalue weighted by Gasteiger charge is 2.64. The molecular weight excluding hydrogens is 338 g/mol. The van der Waals surface area contributed by atoms with Crippen molar-refractivity contribution >= 4 is 17.5 Å². The second-order valence-electron chi connectivity index (χ2n) is 6.98. The van der Waals surface area contributed by atoms with E-state index in [1.165, 1.54) is 0 Å². The van der Waals surface area contributed by atoms with Crippen LogP contribution in [-0.2, 0) is 19.1 Å². The van der Waals surface area contributed by atoms with E-state index < -0.39 is 5.79 Å². The predicted molar refractivity (Wildman–Crippen MR) is 95.2 cm³/mol. The Balaban J connectivity index is 1.66. The number of hydrogen-bond donors (Lipinski definition) is 0. The van der Waals surface area contributed by atoms with E-state index in [1.807, 2.05) is 23.3 Å². The SMILES string of the molecule is COC1(OC)[C@@H](Sc2ccccc2)CC(=O)[C@@H]2[C@H]3CCCCN3O[C@@H]21. The molecule has 0 aromatic heterocycles. The quantitative estimate of drug-likeness (QED) is 0.767. The standard InChI is InChI=1S/C19H25NO4S/c1-22-19(23-2)16(25-13-8-4-3-5-9-13)12-15(21)17-14-10-6-7-11-20(14)24-18(17)19/h3-5,8-9,14,16-18H,6-7,10-12H2,1-2H3/t14-,16+,17+,18+/m1/s1. The lowest BCUT2D eigenvalue weighted by atomic mass is 9.75. The normalized spacial score (nSPS) is 34.6. The van der Waals surface area contributed by atoms with Crippen LogP contribution in [0.3, 0.4) is 0 Å². The van der Waals surface area contributed by atoms with Crippen LogP contribution in [0.15, 0.2) is 35.2 Å². The van der Waals surface area contributed by atoms with Crippen molar-refractivity contribution in [3.8, 4) is 0 Å². The maximum atomic E-state index is 13.0. The first-order valence-electron chi connectivity index (χ1n) is 8.97. The third kappa shape index (κ3) is 2.84. The molecule has 136 valence electrons. The van der Waals surface area contributed by atoms with Gasteiger partial charge in [-0.05, 0) is 25.0 Å². The number of rotatable bonds is 4. The van der Waals surface area contributed by atoms with Crippen LogP contribution in [-0.4, -0.2) is 54.8 Å². The number of piperidine rings is 1. The Labute approximate surface area is 152 Å². The molecule has 0 spiro atoms. The Morgan fingerprint density at radius 3 is 2.68 bits per heavy atom. The number of methoxy groups -OCH3 is 2. The first kappa shape index (κ1) is 17.5. The molecule has 2 heterocycles. The molecule has 0 bridgehead atoms. The molecule has 4 atom stereocenters. The van der Waals surface area contributed by atoms with E-state index in [1.54, 1.807) is 26.0 Å². The lowest BCUT2D eigenvalue weighted by Crippen LogP contribution is -2.62. The number of hydrogen-bond acceptors (Lipinski definition) is 6. The van der Waals surface area contributed by atoms with Gasteiger partial charge in [-0.2, -0.15) is 5.06 Å². The molecule has 1 aromatic rings. The molecule has 3 aliphatic rings. The molecule has 2 saturated heterocycles. The van der Waals surface area contributed by atoms with Crippen LogP contribution in [0.1, 0.15) is 25.7 Å². The molecule has 0 amide bonds. The zero-order valence-electron chi connectivity index (χ0n) is 14.7. The molecule has 5 nitrogen and oxygen atoms in total. The van der Waals surface area contributed by atoms with E-state index in [4.69, 9.17) is 14.3 Å². The Morgan fingerprint density at radius 2 is 1.96 bits per heavy atom. The maximum Gasteiger partial charge on any atom is 0.210 e. The minimum Gasteiger partial charge on any atom is -0.350 e. The first-order valence-corrected chi connectivity index (χ1v) is 9.85. The van der Waals surface area contributed by atoms with E-state index in [0.717, 1.165) is 30.7 Å². The van der Waals surface area contributed by atoms with Gasteiger partial charge in [0, 0.05) is 38.1 Å². The van der Waals surface area contributed by atoms with Crippen LogP contribution >= 0.6 is 11.8 Å². The van der Waals surface area contributed by atoms with Crippen molar-refractivity contribution < 1.29 is 19.1 Å². The highest BCUT2D eigenvalue weighted by molar-refractivity contribution is 8.00.